The maximum atomic E-state index is 12.2. The van der Waals surface area contributed by atoms with Gasteiger partial charge in [-0.25, -0.2) is 35.0 Å². The van der Waals surface area contributed by atoms with E-state index < -0.39 is 11.6 Å². The lowest BCUT2D eigenvalue weighted by atomic mass is 9.93. The molecule has 0 saturated carbocycles. The van der Waals surface area contributed by atoms with E-state index in [1.165, 1.54) is 0 Å². The molecule has 0 unspecified atom stereocenters. The van der Waals surface area contributed by atoms with Gasteiger partial charge in [-0.15, -0.1) is 0 Å². The number of aromatic nitrogens is 4. The zero-order valence-corrected chi connectivity index (χ0v) is 19.3. The lowest BCUT2D eigenvalue weighted by Gasteiger charge is -2.33. The molecule has 3 heterocycles. The Kier molecular flexibility index (Phi) is 7.59. The van der Waals surface area contributed by atoms with Crippen LogP contribution in [0.5, 0.6) is 0 Å². The molecule has 12 nitrogen and oxygen atoms in total. The van der Waals surface area contributed by atoms with E-state index in [9.17, 15) is 14.7 Å². The first-order valence-electron chi connectivity index (χ1n) is 10.7. The minimum absolute atomic E-state index is 0.144. The van der Waals surface area contributed by atoms with Crippen LogP contribution in [0.25, 0.3) is 0 Å². The van der Waals surface area contributed by atoms with Gasteiger partial charge in [0.2, 0.25) is 11.9 Å². The van der Waals surface area contributed by atoms with Crippen molar-refractivity contribution in [3.8, 4) is 0 Å². The zero-order valence-electron chi connectivity index (χ0n) is 19.3. The third kappa shape index (κ3) is 7.24. The molecule has 1 aliphatic rings. The number of piperidine rings is 1. The summed E-state index contributed by atoms with van der Waals surface area (Å²) >= 11 is 0. The van der Waals surface area contributed by atoms with Crippen LogP contribution in [0.2, 0.25) is 0 Å². The number of carbonyl (C=O) groups is 2. The van der Waals surface area contributed by atoms with Gasteiger partial charge in [-0.3, -0.25) is 10.7 Å². The van der Waals surface area contributed by atoms with Crippen molar-refractivity contribution in [3.63, 3.8) is 0 Å². The van der Waals surface area contributed by atoms with E-state index in [0.29, 0.717) is 24.5 Å². The third-order valence-electron chi connectivity index (χ3n) is 4.82. The van der Waals surface area contributed by atoms with E-state index in [1.807, 2.05) is 26.8 Å². The predicted octanol–water partition coefficient (Wildman–Crippen LogP) is 2.33. The second kappa shape index (κ2) is 10.4. The molecular weight excluding hydrogens is 428 g/mol. The van der Waals surface area contributed by atoms with E-state index in [4.69, 9.17) is 4.74 Å². The summed E-state index contributed by atoms with van der Waals surface area (Å²) in [7, 11) is 0. The number of hydrogen-bond donors (Lipinski definition) is 4. The molecule has 178 valence electrons. The van der Waals surface area contributed by atoms with Gasteiger partial charge in [0, 0.05) is 36.6 Å². The van der Waals surface area contributed by atoms with Crippen molar-refractivity contribution < 1.29 is 19.4 Å². The molecule has 33 heavy (non-hydrogen) atoms. The maximum absolute atomic E-state index is 12.2. The number of rotatable bonds is 5. The number of ether oxygens (including phenoxy) is 1. The second-order valence-corrected chi connectivity index (χ2v) is 8.73. The van der Waals surface area contributed by atoms with Gasteiger partial charge < -0.3 is 14.7 Å². The van der Waals surface area contributed by atoms with E-state index in [0.717, 1.165) is 18.5 Å². The van der Waals surface area contributed by atoms with Gasteiger partial charge in [0.1, 0.15) is 5.60 Å². The van der Waals surface area contributed by atoms with E-state index >= 15 is 0 Å². The van der Waals surface area contributed by atoms with Crippen molar-refractivity contribution in [1.29, 1.82) is 0 Å². The highest BCUT2D eigenvalue weighted by molar-refractivity contribution is 5.87. The van der Waals surface area contributed by atoms with Crippen molar-refractivity contribution in [2.45, 2.75) is 58.7 Å². The van der Waals surface area contributed by atoms with Gasteiger partial charge in [-0.05, 0) is 52.7 Å². The molecule has 0 spiro atoms. The summed E-state index contributed by atoms with van der Waals surface area (Å²) < 4.78 is 5.44. The Morgan fingerprint density at radius 2 is 1.91 bits per heavy atom. The molecule has 0 bridgehead atoms. The molecule has 1 fully saturated rings. The maximum Gasteiger partial charge on any atom is 0.410 e. The smallest absolute Gasteiger partial charge is 0.410 e. The third-order valence-corrected chi connectivity index (χ3v) is 4.82. The standard InChI is InChI=1S/C21H30N8O4/c1-13-11-15(12-30)24-18(23-13)27-28-19(31)26-17-22-8-5-16(25-17)14-6-9-29(10-7-14)20(32)33-21(2,3)4/h5,8,11,14,30H,6-7,9-10,12H2,1-4H3,(H,23,24,27)(H2,22,25,26,28,31). The highest BCUT2D eigenvalue weighted by Gasteiger charge is 2.28. The van der Waals surface area contributed by atoms with Crippen LogP contribution in [0.4, 0.5) is 21.5 Å². The van der Waals surface area contributed by atoms with Crippen LogP contribution in [-0.4, -0.2) is 60.8 Å². The van der Waals surface area contributed by atoms with E-state index in [2.05, 4.69) is 36.1 Å². The van der Waals surface area contributed by atoms with Gasteiger partial charge >= 0.3 is 12.1 Å². The molecule has 4 N–H and O–H groups in total. The van der Waals surface area contributed by atoms with Gasteiger partial charge in [0.15, 0.2) is 0 Å². The number of carbonyl (C=O) groups excluding carboxylic acids is 2. The van der Waals surface area contributed by atoms with Crippen molar-refractivity contribution in [2.75, 3.05) is 23.8 Å². The fourth-order valence-electron chi connectivity index (χ4n) is 3.36. The summed E-state index contributed by atoms with van der Waals surface area (Å²) in [5.74, 6) is 0.453. The Balaban J connectivity index is 1.52. The first-order valence-corrected chi connectivity index (χ1v) is 10.7. The number of nitrogens with zero attached hydrogens (tertiary/aromatic N) is 5. The van der Waals surface area contributed by atoms with Crippen LogP contribution in [0.1, 0.15) is 56.6 Å². The Morgan fingerprint density at radius 1 is 1.18 bits per heavy atom. The summed E-state index contributed by atoms with van der Waals surface area (Å²) in [6.07, 6.45) is 2.75. The topological polar surface area (TPSA) is 154 Å². The average molecular weight is 459 g/mol. The summed E-state index contributed by atoms with van der Waals surface area (Å²) in [6.45, 7) is 8.20. The van der Waals surface area contributed by atoms with Crippen LogP contribution in [0, 0.1) is 6.92 Å². The van der Waals surface area contributed by atoms with Crippen molar-refractivity contribution in [2.24, 2.45) is 0 Å². The van der Waals surface area contributed by atoms with Gasteiger partial charge in [-0.2, -0.15) is 0 Å². The monoisotopic (exact) mass is 458 g/mol. The van der Waals surface area contributed by atoms with Crippen LogP contribution >= 0.6 is 0 Å². The van der Waals surface area contributed by atoms with E-state index in [-0.39, 0.29) is 30.5 Å². The largest absolute Gasteiger partial charge is 0.444 e. The number of aliphatic hydroxyl groups is 1. The fraction of sp³-hybridized carbons (Fsp3) is 0.524. The average Bonchev–Trinajstić information content (AvgIpc) is 2.76. The number of urea groups is 1. The first kappa shape index (κ1) is 24.1. The molecule has 2 aromatic heterocycles. The number of nitrogens with one attached hydrogen (secondary N) is 3. The second-order valence-electron chi connectivity index (χ2n) is 8.73. The first-order chi connectivity index (χ1) is 15.6. The SMILES string of the molecule is Cc1cc(CO)nc(NNC(=O)Nc2nccc(C3CCN(C(=O)OC(C)(C)C)CC3)n2)n1. The lowest BCUT2D eigenvalue weighted by Crippen LogP contribution is -2.41. The summed E-state index contributed by atoms with van der Waals surface area (Å²) in [4.78, 5) is 42.9. The molecular formula is C21H30N8O4. The number of hydrogen-bond acceptors (Lipinski definition) is 9. The van der Waals surface area contributed by atoms with Gasteiger partial charge in [-0.1, -0.05) is 0 Å². The molecule has 2 aromatic rings. The van der Waals surface area contributed by atoms with Gasteiger partial charge in [0.25, 0.3) is 0 Å². The van der Waals surface area contributed by atoms with Crippen LogP contribution in [0.15, 0.2) is 18.3 Å². The quantitative estimate of drug-likeness (QED) is 0.494. The molecule has 3 rings (SSSR count). The molecule has 0 aromatic carbocycles. The predicted molar refractivity (Wildman–Crippen MR) is 120 cm³/mol. The summed E-state index contributed by atoms with van der Waals surface area (Å²) in [5, 5.41) is 11.8. The molecule has 3 amide bonds. The van der Waals surface area contributed by atoms with Crippen LogP contribution in [0.3, 0.4) is 0 Å². The zero-order chi connectivity index (χ0) is 24.0. The molecule has 1 saturated heterocycles. The number of amides is 3. The van der Waals surface area contributed by atoms with Crippen molar-refractivity contribution in [3.05, 3.63) is 35.4 Å². The lowest BCUT2D eigenvalue weighted by molar-refractivity contribution is 0.0204. The minimum atomic E-state index is -0.595. The molecule has 0 aliphatic carbocycles. The number of aliphatic hydroxyl groups excluding tert-OH is 1. The number of aryl methyl sites for hydroxylation is 1. The fourth-order valence-corrected chi connectivity index (χ4v) is 3.36. The normalized spacial score (nSPS) is 14.5. The number of hydrazine groups is 1. The molecule has 12 heteroatoms. The Bertz CT molecular complexity index is 986. The van der Waals surface area contributed by atoms with Crippen molar-refractivity contribution >= 4 is 24.0 Å². The Hall–Kier alpha value is -3.54. The van der Waals surface area contributed by atoms with Crippen molar-refractivity contribution in [1.82, 2.24) is 30.3 Å². The molecule has 0 atom stereocenters. The Morgan fingerprint density at radius 3 is 2.58 bits per heavy atom. The molecule has 1 aliphatic heterocycles. The molecule has 0 radical (unpaired) electrons. The minimum Gasteiger partial charge on any atom is -0.444 e. The van der Waals surface area contributed by atoms with Crippen LogP contribution in [-0.2, 0) is 11.3 Å². The Labute approximate surface area is 192 Å². The number of anilines is 2. The van der Waals surface area contributed by atoms with Gasteiger partial charge in [0.05, 0.1) is 12.3 Å². The summed E-state index contributed by atoms with van der Waals surface area (Å²) in [5.41, 5.74) is 6.36. The highest BCUT2D eigenvalue weighted by atomic mass is 16.6. The summed E-state index contributed by atoms with van der Waals surface area (Å²) in [6, 6.07) is 2.86. The number of likely N-dealkylation sites (tertiary alicyclic amines) is 1. The highest BCUT2D eigenvalue weighted by Crippen LogP contribution is 2.27. The van der Waals surface area contributed by atoms with E-state index in [1.54, 1.807) is 24.1 Å². The van der Waals surface area contributed by atoms with Crippen LogP contribution < -0.4 is 16.2 Å².